The zero-order valence-corrected chi connectivity index (χ0v) is 12.8. The Balaban J connectivity index is 1.70. The van der Waals surface area contributed by atoms with Gasteiger partial charge in [0.05, 0.1) is 18.2 Å². The third-order valence-corrected chi connectivity index (χ3v) is 3.77. The number of rotatable bonds is 4. The number of nitrogens with one attached hydrogen (secondary N) is 1. The van der Waals surface area contributed by atoms with Crippen LogP contribution in [0.3, 0.4) is 0 Å². The Morgan fingerprint density at radius 2 is 2.09 bits per heavy atom. The normalized spacial score (nSPS) is 12.5. The summed E-state index contributed by atoms with van der Waals surface area (Å²) in [7, 11) is 0. The van der Waals surface area contributed by atoms with Crippen molar-refractivity contribution in [3.63, 3.8) is 0 Å². The average Bonchev–Trinajstić information content (AvgIpc) is 3.05. The highest BCUT2D eigenvalue weighted by atomic mass is 16.5. The molecule has 2 aromatic heterocycles. The van der Waals surface area contributed by atoms with E-state index in [-0.39, 0.29) is 18.4 Å². The highest BCUT2D eigenvalue weighted by Gasteiger charge is 2.17. The van der Waals surface area contributed by atoms with E-state index in [1.807, 2.05) is 51.1 Å². The first-order chi connectivity index (χ1) is 10.5. The number of carbonyl (C=O) groups excluding carboxylic acids is 1. The summed E-state index contributed by atoms with van der Waals surface area (Å²) in [6, 6.07) is 9.55. The number of hydrogen-bond acceptors (Lipinski definition) is 4. The maximum absolute atomic E-state index is 12.2. The van der Waals surface area contributed by atoms with Crippen LogP contribution < -0.4 is 5.32 Å². The van der Waals surface area contributed by atoms with Gasteiger partial charge in [-0.1, -0.05) is 23.4 Å². The van der Waals surface area contributed by atoms with E-state index in [9.17, 15) is 4.79 Å². The minimum Gasteiger partial charge on any atom is -0.459 e. The largest absolute Gasteiger partial charge is 0.459 e. The number of aryl methyl sites for hydroxylation is 2. The van der Waals surface area contributed by atoms with E-state index in [1.165, 1.54) is 0 Å². The van der Waals surface area contributed by atoms with Crippen LogP contribution in [-0.4, -0.2) is 11.1 Å². The second-order valence-corrected chi connectivity index (χ2v) is 5.46. The summed E-state index contributed by atoms with van der Waals surface area (Å²) in [6.07, 6.45) is 0.256. The van der Waals surface area contributed by atoms with E-state index in [4.69, 9.17) is 8.94 Å². The van der Waals surface area contributed by atoms with E-state index in [0.29, 0.717) is 5.76 Å². The maximum Gasteiger partial charge on any atom is 0.225 e. The number of carbonyl (C=O) groups is 1. The van der Waals surface area contributed by atoms with Gasteiger partial charge in [-0.3, -0.25) is 4.79 Å². The fourth-order valence-electron chi connectivity index (χ4n) is 2.49. The van der Waals surface area contributed by atoms with Crippen molar-refractivity contribution in [2.24, 2.45) is 0 Å². The minimum absolute atomic E-state index is 0.0812. The van der Waals surface area contributed by atoms with Crippen LogP contribution in [0, 0.1) is 13.8 Å². The smallest absolute Gasteiger partial charge is 0.225 e. The molecule has 0 fully saturated rings. The molecule has 3 aromatic rings. The fraction of sp³-hybridized carbons (Fsp3) is 0.294. The van der Waals surface area contributed by atoms with Crippen LogP contribution >= 0.6 is 0 Å². The topological polar surface area (TPSA) is 68.3 Å². The SMILES string of the molecule is Cc1noc(C)c1CC(=O)N[C@@H](C)c1cc2ccccc2o1. The van der Waals surface area contributed by atoms with E-state index >= 15 is 0 Å². The Labute approximate surface area is 128 Å². The molecule has 5 nitrogen and oxygen atoms in total. The lowest BCUT2D eigenvalue weighted by Gasteiger charge is -2.11. The van der Waals surface area contributed by atoms with Gasteiger partial charge in [0.2, 0.25) is 5.91 Å². The highest BCUT2D eigenvalue weighted by molar-refractivity contribution is 5.80. The van der Waals surface area contributed by atoms with E-state index < -0.39 is 0 Å². The Hall–Kier alpha value is -2.56. The van der Waals surface area contributed by atoms with E-state index in [0.717, 1.165) is 28.0 Å². The Morgan fingerprint density at radius 1 is 1.32 bits per heavy atom. The summed E-state index contributed by atoms with van der Waals surface area (Å²) < 4.78 is 10.8. The first kappa shape index (κ1) is 14.4. The molecule has 0 radical (unpaired) electrons. The molecule has 0 saturated heterocycles. The van der Waals surface area contributed by atoms with Gasteiger partial charge in [-0.2, -0.15) is 0 Å². The molecule has 0 unspecified atom stereocenters. The summed E-state index contributed by atoms with van der Waals surface area (Å²) in [5.41, 5.74) is 2.42. The summed E-state index contributed by atoms with van der Waals surface area (Å²) in [6.45, 7) is 5.55. The Kier molecular flexibility index (Phi) is 3.71. The molecule has 1 N–H and O–H groups in total. The molecule has 0 aliphatic heterocycles. The van der Waals surface area contributed by atoms with Crippen molar-refractivity contribution in [2.75, 3.05) is 0 Å². The molecule has 22 heavy (non-hydrogen) atoms. The monoisotopic (exact) mass is 298 g/mol. The Morgan fingerprint density at radius 3 is 2.77 bits per heavy atom. The second-order valence-electron chi connectivity index (χ2n) is 5.46. The summed E-state index contributed by atoms with van der Waals surface area (Å²) in [5.74, 6) is 1.35. The molecule has 1 atom stereocenters. The molecule has 1 aromatic carbocycles. The van der Waals surface area contributed by atoms with E-state index in [2.05, 4.69) is 10.5 Å². The van der Waals surface area contributed by atoms with Crippen LogP contribution in [0.15, 0.2) is 39.3 Å². The highest BCUT2D eigenvalue weighted by Crippen LogP contribution is 2.23. The molecule has 114 valence electrons. The quantitative estimate of drug-likeness (QED) is 0.801. The lowest BCUT2D eigenvalue weighted by atomic mass is 10.1. The predicted molar refractivity (Wildman–Crippen MR) is 82.5 cm³/mol. The number of aromatic nitrogens is 1. The maximum atomic E-state index is 12.2. The first-order valence-corrected chi connectivity index (χ1v) is 7.24. The standard InChI is InChI=1S/C17H18N2O3/c1-10-14(12(3)22-19-10)9-17(20)18-11(2)16-8-13-6-4-5-7-15(13)21-16/h4-8,11H,9H2,1-3H3,(H,18,20)/t11-/m0/s1. The van der Waals surface area contributed by atoms with Gasteiger partial charge in [0.1, 0.15) is 17.1 Å². The summed E-state index contributed by atoms with van der Waals surface area (Å²) >= 11 is 0. The van der Waals surface area contributed by atoms with Crippen LogP contribution in [0.1, 0.15) is 35.7 Å². The minimum atomic E-state index is -0.194. The molecule has 0 bridgehead atoms. The number of para-hydroxylation sites is 1. The lowest BCUT2D eigenvalue weighted by Crippen LogP contribution is -2.28. The molecular formula is C17H18N2O3. The molecule has 1 amide bonds. The van der Waals surface area contributed by atoms with Crippen LogP contribution in [0.4, 0.5) is 0 Å². The van der Waals surface area contributed by atoms with E-state index in [1.54, 1.807) is 0 Å². The number of furan rings is 1. The number of nitrogens with zero attached hydrogens (tertiary/aromatic N) is 1. The molecule has 0 aliphatic rings. The number of benzene rings is 1. The Bertz CT molecular complexity index is 764. The van der Waals surface area contributed by atoms with Crippen molar-refractivity contribution in [3.05, 3.63) is 53.1 Å². The molecule has 2 heterocycles. The van der Waals surface area contributed by atoms with Crippen LogP contribution in [0.25, 0.3) is 11.0 Å². The molecule has 0 aliphatic carbocycles. The van der Waals surface area contributed by atoms with Crippen molar-refractivity contribution >= 4 is 16.9 Å². The third-order valence-electron chi connectivity index (χ3n) is 3.77. The third kappa shape index (κ3) is 2.74. The van der Waals surface area contributed by atoms with Gasteiger partial charge in [0.25, 0.3) is 0 Å². The molecule has 3 rings (SSSR count). The van der Waals surface area contributed by atoms with Crippen molar-refractivity contribution in [2.45, 2.75) is 33.2 Å². The van der Waals surface area contributed by atoms with Gasteiger partial charge in [0, 0.05) is 10.9 Å². The number of amides is 1. The van der Waals surface area contributed by atoms with Crippen molar-refractivity contribution in [1.82, 2.24) is 10.5 Å². The molecular weight excluding hydrogens is 280 g/mol. The zero-order chi connectivity index (χ0) is 15.7. The fourth-order valence-corrected chi connectivity index (χ4v) is 2.49. The predicted octanol–water partition coefficient (Wildman–Crippen LogP) is 3.46. The van der Waals surface area contributed by atoms with Crippen molar-refractivity contribution in [1.29, 1.82) is 0 Å². The number of hydrogen-bond donors (Lipinski definition) is 1. The molecule has 0 spiro atoms. The summed E-state index contributed by atoms with van der Waals surface area (Å²) in [4.78, 5) is 12.2. The van der Waals surface area contributed by atoms with Gasteiger partial charge in [-0.15, -0.1) is 0 Å². The van der Waals surface area contributed by atoms with Crippen LogP contribution in [-0.2, 0) is 11.2 Å². The van der Waals surface area contributed by atoms with Gasteiger partial charge >= 0.3 is 0 Å². The van der Waals surface area contributed by atoms with Crippen LogP contribution in [0.2, 0.25) is 0 Å². The zero-order valence-electron chi connectivity index (χ0n) is 12.8. The lowest BCUT2D eigenvalue weighted by molar-refractivity contribution is -0.121. The van der Waals surface area contributed by atoms with Crippen molar-refractivity contribution < 1.29 is 13.7 Å². The van der Waals surface area contributed by atoms with Gasteiger partial charge in [-0.05, 0) is 32.9 Å². The number of fused-ring (bicyclic) bond motifs is 1. The van der Waals surface area contributed by atoms with Gasteiger partial charge in [-0.25, -0.2) is 0 Å². The first-order valence-electron chi connectivity index (χ1n) is 7.24. The second kappa shape index (κ2) is 5.67. The molecule has 0 saturated carbocycles. The van der Waals surface area contributed by atoms with Gasteiger partial charge < -0.3 is 14.3 Å². The average molecular weight is 298 g/mol. The summed E-state index contributed by atoms with van der Waals surface area (Å²) in [5, 5.41) is 7.84. The van der Waals surface area contributed by atoms with Crippen LogP contribution in [0.5, 0.6) is 0 Å². The molecule has 5 heteroatoms. The van der Waals surface area contributed by atoms with Crippen molar-refractivity contribution in [3.8, 4) is 0 Å². The van der Waals surface area contributed by atoms with Gasteiger partial charge in [0.15, 0.2) is 0 Å².